The quantitative estimate of drug-likeness (QED) is 0.372. The number of benzene rings is 2. The van der Waals surface area contributed by atoms with Crippen LogP contribution in [0.5, 0.6) is 0 Å². The average Bonchev–Trinajstić information content (AvgIpc) is 3.17. The molecule has 1 saturated heterocycles. The number of carboxylic acids is 1. The molecule has 8 nitrogen and oxygen atoms in total. The highest BCUT2D eigenvalue weighted by Crippen LogP contribution is 2.29. The number of unbranched alkanes of at least 4 members (excludes halogenated alkanes) is 1. The molecule has 0 aliphatic carbocycles. The van der Waals surface area contributed by atoms with E-state index in [9.17, 15) is 21.6 Å². The predicted octanol–water partition coefficient (Wildman–Crippen LogP) is 3.26. The third-order valence-electron chi connectivity index (χ3n) is 5.21. The lowest BCUT2D eigenvalue weighted by molar-refractivity contribution is -0.137. The van der Waals surface area contributed by atoms with Gasteiger partial charge < -0.3 is 5.11 Å². The van der Waals surface area contributed by atoms with Crippen molar-refractivity contribution in [3.05, 3.63) is 71.8 Å². The van der Waals surface area contributed by atoms with Crippen LogP contribution in [0.2, 0.25) is 5.02 Å². The van der Waals surface area contributed by atoms with E-state index in [1.807, 2.05) is 0 Å². The lowest BCUT2D eigenvalue weighted by Gasteiger charge is -2.22. The molecule has 178 valence electrons. The van der Waals surface area contributed by atoms with Crippen molar-refractivity contribution in [2.45, 2.75) is 47.6 Å². The fraction of sp³-hybridized carbons (Fsp3) is 0.318. The number of nitrogens with zero attached hydrogens (tertiary/aromatic N) is 1. The summed E-state index contributed by atoms with van der Waals surface area (Å²) in [6.07, 6.45) is 4.60. The highest BCUT2D eigenvalue weighted by Gasteiger charge is 2.40. The van der Waals surface area contributed by atoms with Crippen molar-refractivity contribution in [1.29, 1.82) is 0 Å². The van der Waals surface area contributed by atoms with Gasteiger partial charge in [0.05, 0.1) is 9.79 Å². The zero-order valence-corrected chi connectivity index (χ0v) is 20.1. The van der Waals surface area contributed by atoms with E-state index in [2.05, 4.69) is 4.72 Å². The Bertz CT molecular complexity index is 1200. The molecule has 0 radical (unpaired) electrons. The zero-order valence-electron chi connectivity index (χ0n) is 17.7. The molecule has 1 aliphatic heterocycles. The molecule has 0 spiro atoms. The summed E-state index contributed by atoms with van der Waals surface area (Å²) in [4.78, 5) is 10.8. The molecule has 3 rings (SSSR count). The topological polar surface area (TPSA) is 121 Å². The van der Waals surface area contributed by atoms with Gasteiger partial charge in [-0.15, -0.1) is 0 Å². The molecule has 1 heterocycles. The Hall–Kier alpha value is -2.24. The Morgan fingerprint density at radius 3 is 2.36 bits per heavy atom. The largest absolute Gasteiger partial charge is 0.481 e. The highest BCUT2D eigenvalue weighted by atomic mass is 35.5. The first-order chi connectivity index (χ1) is 15.6. The van der Waals surface area contributed by atoms with E-state index in [0.717, 1.165) is 0 Å². The van der Waals surface area contributed by atoms with E-state index >= 15 is 0 Å². The van der Waals surface area contributed by atoms with Crippen LogP contribution in [0.1, 0.15) is 25.7 Å². The van der Waals surface area contributed by atoms with Crippen LogP contribution in [-0.2, 0) is 24.8 Å². The van der Waals surface area contributed by atoms with Crippen molar-refractivity contribution < 1.29 is 26.7 Å². The second-order valence-corrected chi connectivity index (χ2v) is 11.7. The number of carboxylic acid groups (broad SMARTS) is 1. The van der Waals surface area contributed by atoms with Gasteiger partial charge in [0.15, 0.2) is 0 Å². The van der Waals surface area contributed by atoms with Gasteiger partial charge in [-0.25, -0.2) is 21.6 Å². The summed E-state index contributed by atoms with van der Waals surface area (Å²) >= 11 is 5.89. The Morgan fingerprint density at radius 2 is 1.73 bits per heavy atom. The average molecular weight is 513 g/mol. The van der Waals surface area contributed by atoms with Gasteiger partial charge in [-0.1, -0.05) is 42.0 Å². The summed E-state index contributed by atoms with van der Waals surface area (Å²) in [5.74, 6) is -0.897. The first kappa shape index (κ1) is 25.4. The molecular formula is C22H25ClN2O6S2. The number of sulfonamides is 2. The fourth-order valence-corrected chi connectivity index (χ4v) is 6.65. The van der Waals surface area contributed by atoms with Crippen LogP contribution in [0.25, 0.3) is 0 Å². The number of nitrogens with one attached hydrogen (secondary N) is 1. The van der Waals surface area contributed by atoms with Gasteiger partial charge in [-0.2, -0.15) is 4.31 Å². The minimum atomic E-state index is -3.92. The fourth-order valence-electron chi connectivity index (χ4n) is 3.63. The molecule has 1 aliphatic rings. The number of hydrogen-bond acceptors (Lipinski definition) is 5. The number of aliphatic carboxylic acids is 1. The minimum absolute atomic E-state index is 0.0152. The van der Waals surface area contributed by atoms with E-state index in [1.54, 1.807) is 30.4 Å². The van der Waals surface area contributed by atoms with Crippen LogP contribution >= 0.6 is 11.6 Å². The normalized spacial score (nSPS) is 19.8. The minimum Gasteiger partial charge on any atom is -0.481 e. The standard InChI is InChI=1S/C22H25ClN2O6S2/c23-17-11-13-21(14-12-17)33(30,31)25-16-18(15-19(25)7-3-1-6-10-22(26)27)24-32(28,29)20-8-4-2-5-9-20/h2-5,7-9,11-14,18-19,24H,1,6,10,15-16H2,(H,26,27)/t18-,19-/m1/s1. The molecule has 1 fully saturated rings. The van der Waals surface area contributed by atoms with Gasteiger partial charge in [-0.05, 0) is 55.7 Å². The van der Waals surface area contributed by atoms with E-state index in [0.29, 0.717) is 17.9 Å². The van der Waals surface area contributed by atoms with Crippen LogP contribution in [0.4, 0.5) is 0 Å². The molecule has 2 atom stereocenters. The first-order valence-corrected chi connectivity index (χ1v) is 13.6. The third-order valence-corrected chi connectivity index (χ3v) is 8.91. The van der Waals surface area contributed by atoms with Gasteiger partial charge in [-0.3, -0.25) is 4.79 Å². The van der Waals surface area contributed by atoms with Gasteiger partial charge in [0, 0.05) is 30.1 Å². The second kappa shape index (κ2) is 10.8. The molecule has 2 aromatic rings. The van der Waals surface area contributed by atoms with Crippen molar-refractivity contribution in [3.8, 4) is 0 Å². The molecule has 0 amide bonds. The summed E-state index contributed by atoms with van der Waals surface area (Å²) in [5.41, 5.74) is 0. The number of carbonyl (C=O) groups is 1. The maximum atomic E-state index is 13.3. The van der Waals surface area contributed by atoms with Crippen molar-refractivity contribution in [1.82, 2.24) is 9.03 Å². The van der Waals surface area contributed by atoms with E-state index < -0.39 is 38.1 Å². The molecule has 0 unspecified atom stereocenters. The lowest BCUT2D eigenvalue weighted by Crippen LogP contribution is -2.39. The third kappa shape index (κ3) is 6.64. The van der Waals surface area contributed by atoms with Crippen LogP contribution < -0.4 is 4.72 Å². The van der Waals surface area contributed by atoms with Gasteiger partial charge in [0.25, 0.3) is 0 Å². The van der Waals surface area contributed by atoms with Crippen LogP contribution in [0, 0.1) is 0 Å². The maximum Gasteiger partial charge on any atom is 0.303 e. The van der Waals surface area contributed by atoms with Crippen LogP contribution in [0.15, 0.2) is 76.5 Å². The Morgan fingerprint density at radius 1 is 1.06 bits per heavy atom. The molecule has 11 heteroatoms. The number of hydrogen-bond donors (Lipinski definition) is 2. The van der Waals surface area contributed by atoms with E-state index in [4.69, 9.17) is 16.7 Å². The van der Waals surface area contributed by atoms with Gasteiger partial charge in [0.1, 0.15) is 0 Å². The van der Waals surface area contributed by atoms with Crippen LogP contribution in [0.3, 0.4) is 0 Å². The van der Waals surface area contributed by atoms with Crippen molar-refractivity contribution in [2.75, 3.05) is 6.54 Å². The highest BCUT2D eigenvalue weighted by molar-refractivity contribution is 7.89. The molecule has 0 saturated carbocycles. The van der Waals surface area contributed by atoms with Crippen LogP contribution in [-0.4, -0.2) is 50.8 Å². The Kier molecular flexibility index (Phi) is 8.30. The summed E-state index contributed by atoms with van der Waals surface area (Å²) in [5, 5.41) is 9.17. The predicted molar refractivity (Wildman–Crippen MR) is 125 cm³/mol. The van der Waals surface area contributed by atoms with Crippen molar-refractivity contribution in [3.63, 3.8) is 0 Å². The van der Waals surface area contributed by atoms with Gasteiger partial charge >= 0.3 is 5.97 Å². The maximum absolute atomic E-state index is 13.3. The Balaban J connectivity index is 1.82. The molecule has 0 aromatic heterocycles. The first-order valence-electron chi connectivity index (χ1n) is 10.3. The monoisotopic (exact) mass is 512 g/mol. The Labute approximate surface area is 199 Å². The summed E-state index contributed by atoms with van der Waals surface area (Å²) in [6.45, 7) is -0.0405. The molecule has 0 bridgehead atoms. The summed E-state index contributed by atoms with van der Waals surface area (Å²) < 4.78 is 56.0. The smallest absolute Gasteiger partial charge is 0.303 e. The van der Waals surface area contributed by atoms with Gasteiger partial charge in [0.2, 0.25) is 20.0 Å². The molecule has 2 aromatic carbocycles. The summed E-state index contributed by atoms with van der Waals surface area (Å²) in [7, 11) is -7.74. The number of halogens is 1. The zero-order chi connectivity index (χ0) is 24.1. The van der Waals surface area contributed by atoms with E-state index in [1.165, 1.54) is 40.7 Å². The number of allylic oxidation sites excluding steroid dienone is 1. The van der Waals surface area contributed by atoms with Crippen molar-refractivity contribution >= 4 is 37.6 Å². The summed E-state index contributed by atoms with van der Waals surface area (Å²) in [6, 6.07) is 12.4. The van der Waals surface area contributed by atoms with E-state index in [-0.39, 0.29) is 29.2 Å². The SMILES string of the molecule is O=C(O)CCCC=C[C@@H]1C[C@@H](NS(=O)(=O)c2ccccc2)CN1S(=O)(=O)c1ccc(Cl)cc1. The second-order valence-electron chi connectivity index (χ2n) is 7.68. The lowest BCUT2D eigenvalue weighted by atomic mass is 10.1. The molecular weight excluding hydrogens is 488 g/mol. The number of rotatable bonds is 10. The molecule has 33 heavy (non-hydrogen) atoms. The van der Waals surface area contributed by atoms with Crippen molar-refractivity contribution in [2.24, 2.45) is 0 Å². The molecule has 2 N–H and O–H groups in total.